The molecule has 1 fully saturated rings. The number of halogens is 1. The van der Waals surface area contributed by atoms with E-state index >= 15 is 0 Å². The summed E-state index contributed by atoms with van der Waals surface area (Å²) in [7, 11) is 0. The number of anilines is 1. The molecule has 3 aromatic rings. The highest BCUT2D eigenvalue weighted by Gasteiger charge is 2.34. The summed E-state index contributed by atoms with van der Waals surface area (Å²) in [6.07, 6.45) is 1.58. The Balaban J connectivity index is 1.57. The van der Waals surface area contributed by atoms with Gasteiger partial charge in [-0.3, -0.25) is 19.8 Å². The molecule has 0 bridgehead atoms. The van der Waals surface area contributed by atoms with E-state index in [0.717, 1.165) is 20.9 Å². The van der Waals surface area contributed by atoms with Crippen molar-refractivity contribution in [2.45, 2.75) is 16.7 Å². The van der Waals surface area contributed by atoms with Gasteiger partial charge >= 0.3 is 0 Å². The van der Waals surface area contributed by atoms with Gasteiger partial charge in [-0.25, -0.2) is 0 Å². The van der Waals surface area contributed by atoms with Crippen molar-refractivity contribution in [1.82, 2.24) is 5.32 Å². The highest BCUT2D eigenvalue weighted by atomic mass is 35.5. The predicted octanol–water partition coefficient (Wildman–Crippen LogP) is 5.63. The number of hydrogen-bond acceptors (Lipinski definition) is 4. The predicted molar refractivity (Wildman–Crippen MR) is 129 cm³/mol. The van der Waals surface area contributed by atoms with Crippen LogP contribution in [0.4, 0.5) is 5.69 Å². The molecule has 31 heavy (non-hydrogen) atoms. The fourth-order valence-electron chi connectivity index (χ4n) is 3.02. The van der Waals surface area contributed by atoms with Crippen molar-refractivity contribution in [2.75, 3.05) is 4.90 Å². The Bertz CT molecular complexity index is 1190. The first-order chi connectivity index (χ1) is 14.9. The number of carbonyl (C=O) groups excluding carboxylic acids is 2. The summed E-state index contributed by atoms with van der Waals surface area (Å²) in [4.78, 5) is 29.0. The third-order valence-electron chi connectivity index (χ3n) is 4.63. The molecule has 1 heterocycles. The zero-order valence-corrected chi connectivity index (χ0v) is 18.9. The molecule has 4 nitrogen and oxygen atoms in total. The Morgan fingerprint density at radius 2 is 1.48 bits per heavy atom. The van der Waals surface area contributed by atoms with Crippen LogP contribution in [0.25, 0.3) is 6.08 Å². The highest BCUT2D eigenvalue weighted by Crippen LogP contribution is 2.29. The van der Waals surface area contributed by atoms with E-state index in [1.54, 1.807) is 30.0 Å². The van der Waals surface area contributed by atoms with Gasteiger partial charge in [0.15, 0.2) is 5.11 Å². The molecule has 154 valence electrons. The number of nitrogens with zero attached hydrogens (tertiary/aromatic N) is 1. The Hall–Kier alpha value is -2.93. The summed E-state index contributed by atoms with van der Waals surface area (Å²) in [5.74, 6) is -0.949. The molecule has 0 atom stereocenters. The van der Waals surface area contributed by atoms with Crippen LogP contribution in [0, 0.1) is 6.92 Å². The van der Waals surface area contributed by atoms with E-state index in [2.05, 4.69) is 5.32 Å². The van der Waals surface area contributed by atoms with Crippen molar-refractivity contribution in [3.8, 4) is 0 Å². The molecule has 0 spiro atoms. The Kier molecular flexibility index (Phi) is 6.23. The number of aryl methyl sites for hydroxylation is 1. The van der Waals surface area contributed by atoms with Gasteiger partial charge in [0.1, 0.15) is 5.57 Å². The van der Waals surface area contributed by atoms with Gasteiger partial charge in [-0.15, -0.1) is 0 Å². The molecule has 0 radical (unpaired) electrons. The average molecular weight is 465 g/mol. The number of thiocarbonyl (C=S) groups is 1. The first-order valence-corrected chi connectivity index (χ1v) is 11.0. The maximum atomic E-state index is 13.1. The summed E-state index contributed by atoms with van der Waals surface area (Å²) in [5, 5.41) is 3.38. The summed E-state index contributed by atoms with van der Waals surface area (Å²) >= 11 is 12.8. The minimum Gasteiger partial charge on any atom is -0.298 e. The SMILES string of the molecule is Cc1ccc(N2C(=O)/C(=C/c3ccc(Sc4ccc(Cl)cc4)cc3)C(=O)NC2=S)cc1. The third-order valence-corrected chi connectivity index (χ3v) is 6.19. The van der Waals surface area contributed by atoms with Gasteiger partial charge in [0.2, 0.25) is 0 Å². The maximum Gasteiger partial charge on any atom is 0.270 e. The lowest BCUT2D eigenvalue weighted by Crippen LogP contribution is -2.54. The van der Waals surface area contributed by atoms with E-state index in [9.17, 15) is 9.59 Å². The van der Waals surface area contributed by atoms with Crippen molar-refractivity contribution in [3.63, 3.8) is 0 Å². The molecule has 0 aromatic heterocycles. The van der Waals surface area contributed by atoms with Gasteiger partial charge in [0.05, 0.1) is 5.69 Å². The third kappa shape index (κ3) is 4.88. The van der Waals surface area contributed by atoms with Gasteiger partial charge in [0, 0.05) is 14.8 Å². The van der Waals surface area contributed by atoms with Crippen molar-refractivity contribution >= 4 is 64.3 Å². The molecule has 0 unspecified atom stereocenters. The lowest BCUT2D eigenvalue weighted by Gasteiger charge is -2.29. The van der Waals surface area contributed by atoms with Crippen LogP contribution >= 0.6 is 35.6 Å². The zero-order chi connectivity index (χ0) is 22.0. The number of carbonyl (C=O) groups is 2. The van der Waals surface area contributed by atoms with E-state index in [4.69, 9.17) is 23.8 Å². The monoisotopic (exact) mass is 464 g/mol. The van der Waals surface area contributed by atoms with Gasteiger partial charge < -0.3 is 0 Å². The van der Waals surface area contributed by atoms with Crippen LogP contribution in [0.5, 0.6) is 0 Å². The van der Waals surface area contributed by atoms with Gasteiger partial charge in [0.25, 0.3) is 11.8 Å². The first-order valence-electron chi connectivity index (χ1n) is 9.42. The maximum absolute atomic E-state index is 13.1. The summed E-state index contributed by atoms with van der Waals surface area (Å²) in [6.45, 7) is 1.96. The van der Waals surface area contributed by atoms with Crippen LogP contribution in [-0.4, -0.2) is 16.9 Å². The van der Waals surface area contributed by atoms with Gasteiger partial charge in [-0.1, -0.05) is 53.2 Å². The molecule has 1 aliphatic heterocycles. The summed E-state index contributed by atoms with van der Waals surface area (Å²) in [5.41, 5.74) is 2.46. The van der Waals surface area contributed by atoms with Crippen molar-refractivity contribution < 1.29 is 9.59 Å². The summed E-state index contributed by atoms with van der Waals surface area (Å²) < 4.78 is 0. The average Bonchev–Trinajstić information content (AvgIpc) is 2.75. The van der Waals surface area contributed by atoms with Crippen molar-refractivity contribution in [3.05, 3.63) is 94.5 Å². The molecular weight excluding hydrogens is 448 g/mol. The van der Waals surface area contributed by atoms with Gasteiger partial charge in [-0.05, 0) is 79.3 Å². The van der Waals surface area contributed by atoms with Crippen LogP contribution in [0.1, 0.15) is 11.1 Å². The molecular formula is C24H17ClN2O2S2. The largest absolute Gasteiger partial charge is 0.298 e. The first kappa shape index (κ1) is 21.3. The fourth-order valence-corrected chi connectivity index (χ4v) is 4.25. The van der Waals surface area contributed by atoms with E-state index < -0.39 is 11.8 Å². The molecule has 4 rings (SSSR count). The highest BCUT2D eigenvalue weighted by molar-refractivity contribution is 7.99. The minimum absolute atomic E-state index is 0.0345. The number of rotatable bonds is 4. The Morgan fingerprint density at radius 3 is 2.10 bits per heavy atom. The smallest absolute Gasteiger partial charge is 0.270 e. The zero-order valence-electron chi connectivity index (χ0n) is 16.5. The fraction of sp³-hybridized carbons (Fsp3) is 0.0417. The standard InChI is InChI=1S/C24H17ClN2O2S2/c1-15-2-8-18(9-3-15)27-23(29)21(22(28)26-24(27)30)14-16-4-10-19(11-5-16)31-20-12-6-17(25)7-13-20/h2-14H,1H3,(H,26,28,30)/b21-14+. The number of nitrogens with one attached hydrogen (secondary N) is 1. The Labute approximate surface area is 194 Å². The van der Waals surface area contributed by atoms with Crippen LogP contribution in [0.15, 0.2) is 88.2 Å². The molecule has 1 saturated heterocycles. The molecule has 2 amide bonds. The second kappa shape index (κ2) is 9.06. The second-order valence-electron chi connectivity index (χ2n) is 6.92. The van der Waals surface area contributed by atoms with Crippen molar-refractivity contribution in [2.24, 2.45) is 0 Å². The quantitative estimate of drug-likeness (QED) is 0.309. The van der Waals surface area contributed by atoms with E-state index in [-0.39, 0.29) is 10.7 Å². The molecule has 1 aliphatic rings. The molecule has 1 N–H and O–H groups in total. The van der Waals surface area contributed by atoms with E-state index in [1.807, 2.05) is 67.6 Å². The number of hydrogen-bond donors (Lipinski definition) is 1. The molecule has 0 saturated carbocycles. The normalized spacial score (nSPS) is 15.4. The van der Waals surface area contributed by atoms with E-state index in [0.29, 0.717) is 10.7 Å². The van der Waals surface area contributed by atoms with Crippen LogP contribution in [-0.2, 0) is 9.59 Å². The van der Waals surface area contributed by atoms with Crippen molar-refractivity contribution in [1.29, 1.82) is 0 Å². The van der Waals surface area contributed by atoms with Crippen LogP contribution < -0.4 is 10.2 Å². The van der Waals surface area contributed by atoms with E-state index in [1.165, 1.54) is 4.90 Å². The topological polar surface area (TPSA) is 49.4 Å². The second-order valence-corrected chi connectivity index (χ2v) is 8.89. The molecule has 7 heteroatoms. The van der Waals surface area contributed by atoms with Crippen LogP contribution in [0.3, 0.4) is 0 Å². The lowest BCUT2D eigenvalue weighted by molar-refractivity contribution is -0.122. The molecule has 0 aliphatic carbocycles. The summed E-state index contributed by atoms with van der Waals surface area (Å²) in [6, 6.07) is 22.6. The minimum atomic E-state index is -0.502. The lowest BCUT2D eigenvalue weighted by atomic mass is 10.1. The number of benzene rings is 3. The van der Waals surface area contributed by atoms with Gasteiger partial charge in [-0.2, -0.15) is 0 Å². The van der Waals surface area contributed by atoms with Crippen LogP contribution in [0.2, 0.25) is 5.02 Å². The number of amides is 2. The molecule has 3 aromatic carbocycles. The Morgan fingerprint density at radius 1 is 0.903 bits per heavy atom.